The lowest BCUT2D eigenvalue weighted by molar-refractivity contribution is -0.123. The van der Waals surface area contributed by atoms with Crippen molar-refractivity contribution in [2.24, 2.45) is 5.10 Å². The zero-order valence-corrected chi connectivity index (χ0v) is 17.6. The second-order valence-corrected chi connectivity index (χ2v) is 7.11. The number of hydrazone groups is 1. The summed E-state index contributed by atoms with van der Waals surface area (Å²) in [5.41, 5.74) is 4.97. The van der Waals surface area contributed by atoms with Gasteiger partial charge in [0.25, 0.3) is 5.91 Å². The van der Waals surface area contributed by atoms with Gasteiger partial charge in [-0.25, -0.2) is 5.43 Å². The van der Waals surface area contributed by atoms with Crippen LogP contribution < -0.4 is 14.9 Å². The van der Waals surface area contributed by atoms with E-state index in [0.717, 1.165) is 11.1 Å². The highest BCUT2D eigenvalue weighted by atomic mass is 79.9. The van der Waals surface area contributed by atoms with E-state index in [9.17, 15) is 9.90 Å². The highest BCUT2D eigenvalue weighted by molar-refractivity contribution is 9.13. The van der Waals surface area contributed by atoms with Crippen LogP contribution in [0.4, 0.5) is 0 Å². The lowest BCUT2D eigenvalue weighted by atomic mass is 10.1. The van der Waals surface area contributed by atoms with Crippen molar-refractivity contribution >= 4 is 44.0 Å². The van der Waals surface area contributed by atoms with Crippen molar-refractivity contribution in [1.29, 1.82) is 0 Å². The number of hydrogen-bond donors (Lipinski definition) is 2. The molecule has 0 saturated carbocycles. The van der Waals surface area contributed by atoms with Gasteiger partial charge in [-0.05, 0) is 75.0 Å². The Morgan fingerprint density at radius 2 is 2.00 bits per heavy atom. The second-order valence-electron chi connectivity index (χ2n) is 5.46. The third-order valence-electron chi connectivity index (χ3n) is 3.64. The molecule has 2 aromatic rings. The van der Waals surface area contributed by atoms with Gasteiger partial charge >= 0.3 is 0 Å². The van der Waals surface area contributed by atoms with Gasteiger partial charge in [-0.3, -0.25) is 4.79 Å². The van der Waals surface area contributed by atoms with Gasteiger partial charge in [0.1, 0.15) is 5.75 Å². The number of ether oxygens (including phenoxy) is 2. The molecule has 6 nitrogen and oxygen atoms in total. The molecule has 0 aliphatic rings. The van der Waals surface area contributed by atoms with Crippen LogP contribution in [0.25, 0.3) is 0 Å². The number of carbonyl (C=O) groups excluding carboxylic acids is 1. The van der Waals surface area contributed by atoms with Crippen molar-refractivity contribution in [1.82, 2.24) is 5.43 Å². The van der Waals surface area contributed by atoms with Gasteiger partial charge in [0, 0.05) is 8.95 Å². The summed E-state index contributed by atoms with van der Waals surface area (Å²) < 4.78 is 11.8. The summed E-state index contributed by atoms with van der Waals surface area (Å²) >= 11 is 6.69. The van der Waals surface area contributed by atoms with Gasteiger partial charge in [-0.2, -0.15) is 5.10 Å². The van der Waals surface area contributed by atoms with E-state index in [4.69, 9.17) is 9.47 Å². The van der Waals surface area contributed by atoms with Crippen molar-refractivity contribution in [3.05, 3.63) is 49.9 Å². The second kappa shape index (κ2) is 9.05. The van der Waals surface area contributed by atoms with Gasteiger partial charge in [0.15, 0.2) is 18.1 Å². The van der Waals surface area contributed by atoms with Gasteiger partial charge in [0.2, 0.25) is 0 Å². The number of halogens is 2. The van der Waals surface area contributed by atoms with Crippen molar-refractivity contribution in [3.63, 3.8) is 0 Å². The molecule has 0 aromatic heterocycles. The highest BCUT2D eigenvalue weighted by Gasteiger charge is 2.14. The van der Waals surface area contributed by atoms with Crippen LogP contribution in [0.5, 0.6) is 17.2 Å². The Bertz CT molecular complexity index is 854. The van der Waals surface area contributed by atoms with E-state index in [0.29, 0.717) is 20.3 Å². The van der Waals surface area contributed by atoms with Crippen LogP contribution in [-0.4, -0.2) is 30.9 Å². The topological polar surface area (TPSA) is 80.2 Å². The summed E-state index contributed by atoms with van der Waals surface area (Å²) in [7, 11) is 1.45. The fourth-order valence-electron chi connectivity index (χ4n) is 2.04. The van der Waals surface area contributed by atoms with E-state index in [2.05, 4.69) is 42.4 Å². The first-order chi connectivity index (χ1) is 12.3. The first kappa shape index (κ1) is 20.3. The van der Waals surface area contributed by atoms with E-state index in [1.54, 1.807) is 6.07 Å². The summed E-state index contributed by atoms with van der Waals surface area (Å²) in [6.45, 7) is 3.81. The van der Waals surface area contributed by atoms with Crippen LogP contribution >= 0.6 is 31.9 Å². The molecule has 0 saturated heterocycles. The average molecular weight is 486 g/mol. The molecule has 0 spiro atoms. The SMILES string of the molecule is COc1cc(Br)c(Br)c(C=NNC(=O)COc2ccc(C)c(C)c2)c1O. The molecule has 2 rings (SSSR count). The maximum Gasteiger partial charge on any atom is 0.277 e. The quantitative estimate of drug-likeness (QED) is 0.477. The highest BCUT2D eigenvalue weighted by Crippen LogP contribution is 2.39. The Balaban J connectivity index is 1.99. The third kappa shape index (κ3) is 4.98. The smallest absolute Gasteiger partial charge is 0.277 e. The number of aromatic hydroxyl groups is 1. The van der Waals surface area contributed by atoms with E-state index < -0.39 is 5.91 Å². The molecule has 0 bridgehead atoms. The maximum atomic E-state index is 11.9. The molecule has 1 amide bonds. The van der Waals surface area contributed by atoms with Crippen molar-refractivity contribution in [3.8, 4) is 17.2 Å². The van der Waals surface area contributed by atoms with Crippen molar-refractivity contribution in [2.45, 2.75) is 13.8 Å². The fourth-order valence-corrected chi connectivity index (χ4v) is 2.87. The molecule has 2 aromatic carbocycles. The standard InChI is InChI=1S/C18H18Br2N2O4/c1-10-4-5-12(6-11(10)2)26-9-16(23)22-21-8-13-17(20)14(19)7-15(25-3)18(13)24/h4-8,24H,9H2,1-3H3,(H,22,23). The number of nitrogens with zero attached hydrogens (tertiary/aromatic N) is 1. The summed E-state index contributed by atoms with van der Waals surface area (Å²) in [5, 5.41) is 14.0. The van der Waals surface area contributed by atoms with Gasteiger partial charge in [-0.15, -0.1) is 0 Å². The number of phenolic OH excluding ortho intramolecular Hbond substituents is 1. The first-order valence-electron chi connectivity index (χ1n) is 7.60. The minimum atomic E-state index is -0.419. The van der Waals surface area contributed by atoms with E-state index in [1.807, 2.05) is 32.0 Å². The van der Waals surface area contributed by atoms with Crippen LogP contribution in [0.1, 0.15) is 16.7 Å². The number of nitrogens with one attached hydrogen (secondary N) is 1. The minimum absolute atomic E-state index is 0.0908. The van der Waals surface area contributed by atoms with Crippen LogP contribution in [0.15, 0.2) is 38.3 Å². The Kier molecular flexibility index (Phi) is 7.05. The number of rotatable bonds is 6. The van der Waals surface area contributed by atoms with Crippen molar-refractivity contribution in [2.75, 3.05) is 13.7 Å². The molecular weight excluding hydrogens is 468 g/mol. The summed E-state index contributed by atoms with van der Waals surface area (Å²) in [6.07, 6.45) is 1.32. The number of benzene rings is 2. The molecule has 0 atom stereocenters. The van der Waals surface area contributed by atoms with E-state index in [1.165, 1.54) is 13.3 Å². The molecule has 0 unspecified atom stereocenters. The molecule has 0 radical (unpaired) electrons. The number of carbonyl (C=O) groups is 1. The average Bonchev–Trinajstić information content (AvgIpc) is 2.62. The molecular formula is C18H18Br2N2O4. The zero-order valence-electron chi connectivity index (χ0n) is 14.5. The lowest BCUT2D eigenvalue weighted by Gasteiger charge is -2.10. The third-order valence-corrected chi connectivity index (χ3v) is 5.66. The molecule has 0 aliphatic heterocycles. The van der Waals surface area contributed by atoms with E-state index >= 15 is 0 Å². The van der Waals surface area contributed by atoms with Gasteiger partial charge in [-0.1, -0.05) is 6.07 Å². The Morgan fingerprint density at radius 1 is 1.27 bits per heavy atom. The summed E-state index contributed by atoms with van der Waals surface area (Å²) in [5.74, 6) is 0.388. The number of hydrogen-bond acceptors (Lipinski definition) is 5. The number of methoxy groups -OCH3 is 1. The number of aryl methyl sites for hydroxylation is 2. The molecule has 138 valence electrons. The maximum absolute atomic E-state index is 11.9. The van der Waals surface area contributed by atoms with Crippen LogP contribution in [-0.2, 0) is 4.79 Å². The minimum Gasteiger partial charge on any atom is -0.504 e. The fraction of sp³-hybridized carbons (Fsp3) is 0.222. The predicted molar refractivity (Wildman–Crippen MR) is 107 cm³/mol. The van der Waals surface area contributed by atoms with Gasteiger partial charge < -0.3 is 14.6 Å². The Hall–Kier alpha value is -2.06. The number of phenols is 1. The first-order valence-corrected chi connectivity index (χ1v) is 9.19. The van der Waals surface area contributed by atoms with Crippen molar-refractivity contribution < 1.29 is 19.4 Å². The lowest BCUT2D eigenvalue weighted by Crippen LogP contribution is -2.24. The largest absolute Gasteiger partial charge is 0.504 e. The molecule has 26 heavy (non-hydrogen) atoms. The Labute approximate surface area is 168 Å². The molecule has 2 N–H and O–H groups in total. The number of amides is 1. The summed E-state index contributed by atoms with van der Waals surface area (Å²) in [6, 6.07) is 7.23. The molecule has 8 heteroatoms. The molecule has 0 heterocycles. The normalized spacial score (nSPS) is 10.8. The van der Waals surface area contributed by atoms with Crippen LogP contribution in [0.2, 0.25) is 0 Å². The Morgan fingerprint density at radius 3 is 2.65 bits per heavy atom. The van der Waals surface area contributed by atoms with Crippen LogP contribution in [0, 0.1) is 13.8 Å². The summed E-state index contributed by atoms with van der Waals surface area (Å²) in [4.78, 5) is 11.9. The molecule has 0 fully saturated rings. The monoisotopic (exact) mass is 484 g/mol. The van der Waals surface area contributed by atoms with Gasteiger partial charge in [0.05, 0.1) is 18.9 Å². The predicted octanol–water partition coefficient (Wildman–Crippen LogP) is 4.07. The molecule has 0 aliphatic carbocycles. The van der Waals surface area contributed by atoms with Crippen LogP contribution in [0.3, 0.4) is 0 Å². The zero-order chi connectivity index (χ0) is 19.3. The van der Waals surface area contributed by atoms with E-state index in [-0.39, 0.29) is 18.1 Å².